The van der Waals surface area contributed by atoms with Crippen molar-refractivity contribution in [1.82, 2.24) is 5.32 Å². The zero-order valence-corrected chi connectivity index (χ0v) is 14.4. The topological polar surface area (TPSA) is 47.6 Å². The lowest BCUT2D eigenvalue weighted by Crippen LogP contribution is -2.53. The summed E-state index contributed by atoms with van der Waals surface area (Å²) < 4.78 is 11.1. The van der Waals surface area contributed by atoms with Crippen molar-refractivity contribution in [3.05, 3.63) is 0 Å². The first-order valence-corrected chi connectivity index (χ1v) is 8.40. The van der Waals surface area contributed by atoms with Gasteiger partial charge < -0.3 is 9.47 Å². The van der Waals surface area contributed by atoms with Crippen molar-refractivity contribution in [1.29, 1.82) is 0 Å². The molecule has 0 spiro atoms. The largest absolute Gasteiger partial charge is 0.468 e. The van der Waals surface area contributed by atoms with Crippen molar-refractivity contribution >= 4 is 5.97 Å². The highest BCUT2D eigenvalue weighted by atomic mass is 16.5. The van der Waals surface area contributed by atoms with Crippen molar-refractivity contribution < 1.29 is 14.3 Å². The van der Waals surface area contributed by atoms with Crippen LogP contribution in [-0.4, -0.2) is 37.4 Å². The maximum Gasteiger partial charge on any atom is 0.325 e. The minimum Gasteiger partial charge on any atom is -0.468 e. The Hall–Kier alpha value is -0.610. The van der Waals surface area contributed by atoms with Gasteiger partial charge in [-0.2, -0.15) is 0 Å². The summed E-state index contributed by atoms with van der Waals surface area (Å²) in [4.78, 5) is 12.0. The van der Waals surface area contributed by atoms with Gasteiger partial charge in [0.15, 0.2) is 0 Å². The molecule has 1 fully saturated rings. The summed E-state index contributed by atoms with van der Waals surface area (Å²) in [7, 11) is 1.44. The van der Waals surface area contributed by atoms with E-state index in [2.05, 4.69) is 12.2 Å². The Bertz CT molecular complexity index is 319. The lowest BCUT2D eigenvalue weighted by Gasteiger charge is -2.33. The van der Waals surface area contributed by atoms with Crippen LogP contribution in [0.15, 0.2) is 0 Å². The highest BCUT2D eigenvalue weighted by molar-refractivity contribution is 5.80. The number of ether oxygens (including phenoxy) is 2. The average Bonchev–Trinajstić information content (AvgIpc) is 2.46. The molecule has 1 N–H and O–H groups in total. The maximum absolute atomic E-state index is 12.0. The van der Waals surface area contributed by atoms with Gasteiger partial charge in [0.25, 0.3) is 0 Å². The zero-order valence-electron chi connectivity index (χ0n) is 14.4. The fraction of sp³-hybridized carbons (Fsp3) is 0.941. The van der Waals surface area contributed by atoms with Gasteiger partial charge in [0.05, 0.1) is 13.2 Å². The predicted molar refractivity (Wildman–Crippen MR) is 85.3 cm³/mol. The van der Waals surface area contributed by atoms with E-state index in [0.717, 1.165) is 6.42 Å². The summed E-state index contributed by atoms with van der Waals surface area (Å²) in [5.41, 5.74) is -0.667. The number of rotatable bonds is 8. The normalized spacial score (nSPS) is 25.6. The quantitative estimate of drug-likeness (QED) is 0.699. The molecule has 0 saturated heterocycles. The fourth-order valence-corrected chi connectivity index (χ4v) is 3.37. The van der Waals surface area contributed by atoms with Crippen LogP contribution in [0, 0.1) is 5.92 Å². The van der Waals surface area contributed by atoms with Gasteiger partial charge in [-0.25, -0.2) is 0 Å². The van der Waals surface area contributed by atoms with E-state index in [1.165, 1.54) is 32.8 Å². The molecule has 1 saturated carbocycles. The van der Waals surface area contributed by atoms with E-state index < -0.39 is 5.54 Å². The van der Waals surface area contributed by atoms with E-state index in [1.54, 1.807) is 0 Å². The average molecular weight is 299 g/mol. The van der Waals surface area contributed by atoms with Crippen molar-refractivity contribution in [2.24, 2.45) is 5.92 Å². The SMILES string of the molecule is CCC1CCCCC1OCCC(C)(NC(C)C)C(=O)OC. The van der Waals surface area contributed by atoms with Crippen LogP contribution in [0.1, 0.15) is 66.2 Å². The number of carbonyl (C=O) groups is 1. The summed E-state index contributed by atoms with van der Waals surface area (Å²) in [5.74, 6) is 0.469. The summed E-state index contributed by atoms with van der Waals surface area (Å²) >= 11 is 0. The van der Waals surface area contributed by atoms with Crippen molar-refractivity contribution in [3.8, 4) is 0 Å². The van der Waals surface area contributed by atoms with Crippen LogP contribution in [0.2, 0.25) is 0 Å². The smallest absolute Gasteiger partial charge is 0.325 e. The molecule has 21 heavy (non-hydrogen) atoms. The standard InChI is InChI=1S/C17H33NO3/c1-6-14-9-7-8-10-15(14)21-12-11-17(4,16(19)20-5)18-13(2)3/h13-15,18H,6-12H2,1-5H3. The van der Waals surface area contributed by atoms with Crippen molar-refractivity contribution in [2.45, 2.75) is 83.9 Å². The number of nitrogens with one attached hydrogen (secondary N) is 1. The van der Waals surface area contributed by atoms with Crippen LogP contribution in [0.5, 0.6) is 0 Å². The van der Waals surface area contributed by atoms with E-state index in [0.29, 0.717) is 25.0 Å². The monoisotopic (exact) mass is 299 g/mol. The molecular formula is C17H33NO3. The molecule has 0 radical (unpaired) electrons. The third kappa shape index (κ3) is 5.59. The first-order chi connectivity index (χ1) is 9.92. The van der Waals surface area contributed by atoms with Gasteiger partial charge in [-0.3, -0.25) is 10.1 Å². The molecule has 3 atom stereocenters. The number of esters is 1. The molecule has 0 aliphatic heterocycles. The molecule has 124 valence electrons. The van der Waals surface area contributed by atoms with Gasteiger partial charge in [0.1, 0.15) is 5.54 Å². The third-order valence-electron chi connectivity index (χ3n) is 4.54. The van der Waals surface area contributed by atoms with Crippen molar-refractivity contribution in [2.75, 3.05) is 13.7 Å². The second-order valence-electron chi connectivity index (χ2n) is 6.73. The molecule has 0 heterocycles. The van der Waals surface area contributed by atoms with Crippen LogP contribution in [0.4, 0.5) is 0 Å². The van der Waals surface area contributed by atoms with Crippen LogP contribution >= 0.6 is 0 Å². The summed E-state index contributed by atoms with van der Waals surface area (Å²) in [6, 6.07) is 0.229. The number of hydrogen-bond donors (Lipinski definition) is 1. The van der Waals surface area contributed by atoms with Gasteiger partial charge in [0, 0.05) is 12.6 Å². The summed E-state index contributed by atoms with van der Waals surface area (Å²) in [6.45, 7) is 8.82. The Morgan fingerprint density at radius 1 is 1.33 bits per heavy atom. The third-order valence-corrected chi connectivity index (χ3v) is 4.54. The Balaban J connectivity index is 2.50. The van der Waals surface area contributed by atoms with Gasteiger partial charge in [-0.05, 0) is 46.0 Å². The van der Waals surface area contributed by atoms with Crippen LogP contribution < -0.4 is 5.32 Å². The lowest BCUT2D eigenvalue weighted by molar-refractivity contribution is -0.149. The van der Waals surface area contributed by atoms with E-state index in [4.69, 9.17) is 9.47 Å². The number of methoxy groups -OCH3 is 1. The number of carbonyl (C=O) groups excluding carboxylic acids is 1. The molecule has 0 bridgehead atoms. The van der Waals surface area contributed by atoms with E-state index >= 15 is 0 Å². The molecule has 1 rings (SSSR count). The molecule has 0 aromatic heterocycles. The minimum atomic E-state index is -0.667. The van der Waals surface area contributed by atoms with Gasteiger partial charge >= 0.3 is 5.97 Å². The minimum absolute atomic E-state index is 0.213. The second-order valence-corrected chi connectivity index (χ2v) is 6.73. The summed E-state index contributed by atoms with van der Waals surface area (Å²) in [5, 5.41) is 3.32. The molecule has 0 aromatic carbocycles. The molecule has 0 amide bonds. The van der Waals surface area contributed by atoms with E-state index in [1.807, 2.05) is 20.8 Å². The summed E-state index contributed by atoms with van der Waals surface area (Å²) in [6.07, 6.45) is 7.22. The Labute approximate surface area is 130 Å². The van der Waals surface area contributed by atoms with E-state index in [9.17, 15) is 4.79 Å². The number of hydrogen-bond acceptors (Lipinski definition) is 4. The van der Waals surface area contributed by atoms with Gasteiger partial charge in [0.2, 0.25) is 0 Å². The zero-order chi connectivity index (χ0) is 15.9. The molecule has 4 heteroatoms. The second kappa shape index (κ2) is 8.74. The van der Waals surface area contributed by atoms with Gasteiger partial charge in [-0.15, -0.1) is 0 Å². The van der Waals surface area contributed by atoms with Crippen LogP contribution in [0.3, 0.4) is 0 Å². The molecular weight excluding hydrogens is 266 g/mol. The predicted octanol–water partition coefficient (Wildman–Crippen LogP) is 3.29. The van der Waals surface area contributed by atoms with Crippen LogP contribution in [0.25, 0.3) is 0 Å². The fourth-order valence-electron chi connectivity index (χ4n) is 3.37. The highest BCUT2D eigenvalue weighted by Crippen LogP contribution is 2.29. The first-order valence-electron chi connectivity index (χ1n) is 8.40. The highest BCUT2D eigenvalue weighted by Gasteiger charge is 2.35. The molecule has 4 nitrogen and oxygen atoms in total. The Kier molecular flexibility index (Phi) is 7.67. The van der Waals surface area contributed by atoms with E-state index in [-0.39, 0.29) is 12.0 Å². The molecule has 1 aliphatic carbocycles. The Morgan fingerprint density at radius 2 is 2.00 bits per heavy atom. The lowest BCUT2D eigenvalue weighted by atomic mass is 9.84. The molecule has 3 unspecified atom stereocenters. The van der Waals surface area contributed by atoms with Crippen LogP contribution in [-0.2, 0) is 14.3 Å². The van der Waals surface area contributed by atoms with Crippen molar-refractivity contribution in [3.63, 3.8) is 0 Å². The van der Waals surface area contributed by atoms with Gasteiger partial charge in [-0.1, -0.05) is 26.2 Å². The first kappa shape index (κ1) is 18.4. The molecule has 1 aliphatic rings. The molecule has 0 aromatic rings. The maximum atomic E-state index is 12.0. The Morgan fingerprint density at radius 3 is 2.57 bits per heavy atom.